The molecule has 0 radical (unpaired) electrons. The summed E-state index contributed by atoms with van der Waals surface area (Å²) < 4.78 is 1.05. The normalized spacial score (nSPS) is 46.1. The number of hydrogen-bond donors (Lipinski definition) is 2. The molecule has 4 heteroatoms. The largest absolute Gasteiger partial charge is 0.375 e. The van der Waals surface area contributed by atoms with E-state index >= 15 is 0 Å². The van der Waals surface area contributed by atoms with E-state index in [9.17, 15) is 5.11 Å². The number of hydrogen-bond acceptors (Lipinski definition) is 2. The van der Waals surface area contributed by atoms with E-state index in [1.165, 1.54) is 51.4 Å². The first-order valence-corrected chi connectivity index (χ1v) is 10.3. The van der Waals surface area contributed by atoms with E-state index in [-0.39, 0.29) is 5.41 Å². The fourth-order valence-corrected chi connectivity index (χ4v) is 6.70. The van der Waals surface area contributed by atoms with Crippen LogP contribution in [-0.4, -0.2) is 18.7 Å². The molecule has 19 heavy (non-hydrogen) atoms. The average Bonchev–Trinajstić information content (AvgIpc) is 2.48. The van der Waals surface area contributed by atoms with Crippen LogP contribution in [0.5, 0.6) is 0 Å². The van der Waals surface area contributed by atoms with Crippen molar-refractivity contribution in [1.29, 1.82) is 0 Å². The van der Waals surface area contributed by atoms with Gasteiger partial charge in [0, 0.05) is 19.7 Å². The van der Waals surface area contributed by atoms with Crippen LogP contribution in [0, 0.1) is 5.41 Å². The smallest absolute Gasteiger partial charge is 0.121 e. The first-order chi connectivity index (χ1) is 8.98. The molecule has 1 spiro atoms. The van der Waals surface area contributed by atoms with Crippen LogP contribution in [0.25, 0.3) is 0 Å². The Bertz CT molecular complexity index is 298. The lowest BCUT2D eigenvalue weighted by Gasteiger charge is -2.48. The van der Waals surface area contributed by atoms with Crippen molar-refractivity contribution in [2.24, 2.45) is 11.1 Å². The maximum Gasteiger partial charge on any atom is 0.121 e. The molecule has 0 bridgehead atoms. The van der Waals surface area contributed by atoms with Crippen LogP contribution in [0.15, 0.2) is 0 Å². The molecule has 2 aliphatic carbocycles. The molecule has 2 nitrogen and oxygen atoms in total. The molecule has 0 amide bonds. The highest BCUT2D eigenvalue weighted by Crippen LogP contribution is 2.51. The van der Waals surface area contributed by atoms with Crippen molar-refractivity contribution in [3.8, 4) is 0 Å². The zero-order valence-electron chi connectivity index (χ0n) is 11.7. The van der Waals surface area contributed by atoms with E-state index in [0.717, 1.165) is 19.3 Å². The fraction of sp³-hybridized carbons (Fsp3) is 1.00. The molecule has 4 atom stereocenters. The van der Waals surface area contributed by atoms with Gasteiger partial charge in [-0.3, -0.25) is 0 Å². The van der Waals surface area contributed by atoms with Crippen LogP contribution in [-0.2, 0) is 0 Å². The summed E-state index contributed by atoms with van der Waals surface area (Å²) in [6.45, 7) is 0. The number of alkyl halides is 2. The summed E-state index contributed by atoms with van der Waals surface area (Å²) in [6, 6.07) is 0. The summed E-state index contributed by atoms with van der Waals surface area (Å²) >= 11 is 5.08. The van der Waals surface area contributed by atoms with Crippen molar-refractivity contribution in [2.75, 3.05) is 0 Å². The molecule has 0 aromatic rings. The van der Waals surface area contributed by atoms with Gasteiger partial charge in [-0.05, 0) is 25.7 Å². The maximum absolute atomic E-state index is 11.1. The van der Waals surface area contributed by atoms with Crippen LogP contribution in [0.2, 0.25) is 0 Å². The number of halogens is 2. The van der Waals surface area contributed by atoms with Gasteiger partial charge in [-0.15, -0.1) is 0 Å². The van der Waals surface area contributed by atoms with E-state index in [4.69, 9.17) is 5.73 Å². The van der Waals surface area contributed by atoms with Gasteiger partial charge in [0.25, 0.3) is 0 Å². The van der Waals surface area contributed by atoms with E-state index in [1.54, 1.807) is 0 Å². The summed E-state index contributed by atoms with van der Waals surface area (Å²) in [5.41, 5.74) is 5.51. The van der Waals surface area contributed by atoms with E-state index in [2.05, 4.69) is 45.2 Å². The van der Waals surface area contributed by atoms with Crippen molar-refractivity contribution in [2.45, 2.75) is 84.2 Å². The average molecular weight is 491 g/mol. The molecule has 0 aromatic carbocycles. The minimum Gasteiger partial charge on any atom is -0.375 e. The summed E-state index contributed by atoms with van der Waals surface area (Å²) in [4.78, 5) is 0. The van der Waals surface area contributed by atoms with Gasteiger partial charge >= 0.3 is 0 Å². The van der Waals surface area contributed by atoms with Gasteiger partial charge < -0.3 is 10.8 Å². The lowest BCUT2D eigenvalue weighted by Crippen LogP contribution is -2.60. The third-order valence-electron chi connectivity index (χ3n) is 5.22. The second-order valence-electron chi connectivity index (χ2n) is 6.55. The molecule has 2 rings (SSSR count). The molecule has 2 fully saturated rings. The summed E-state index contributed by atoms with van der Waals surface area (Å²) in [5, 5.41) is 11.1. The van der Waals surface area contributed by atoms with Gasteiger partial charge in [0.15, 0.2) is 0 Å². The van der Waals surface area contributed by atoms with Crippen molar-refractivity contribution in [3.05, 3.63) is 0 Å². The number of aliphatic hydroxyl groups is 1. The quantitative estimate of drug-likeness (QED) is 0.297. The highest BCUT2D eigenvalue weighted by molar-refractivity contribution is 14.1. The van der Waals surface area contributed by atoms with Crippen molar-refractivity contribution >= 4 is 45.2 Å². The van der Waals surface area contributed by atoms with E-state index in [0.29, 0.717) is 7.85 Å². The second-order valence-corrected chi connectivity index (χ2v) is 9.81. The highest BCUT2D eigenvalue weighted by Gasteiger charge is 2.52. The van der Waals surface area contributed by atoms with Gasteiger partial charge in [-0.2, -0.15) is 0 Å². The Labute approximate surface area is 144 Å². The van der Waals surface area contributed by atoms with Crippen LogP contribution in [0.3, 0.4) is 0 Å². The lowest BCUT2D eigenvalue weighted by atomic mass is 9.67. The van der Waals surface area contributed by atoms with E-state index < -0.39 is 5.72 Å². The van der Waals surface area contributed by atoms with Crippen LogP contribution >= 0.6 is 45.2 Å². The van der Waals surface area contributed by atoms with Gasteiger partial charge in [-0.25, -0.2) is 0 Å². The number of rotatable bonds is 0. The van der Waals surface area contributed by atoms with Crippen molar-refractivity contribution < 1.29 is 5.11 Å². The van der Waals surface area contributed by atoms with Gasteiger partial charge in [-0.1, -0.05) is 83.7 Å². The Morgan fingerprint density at radius 1 is 0.895 bits per heavy atom. The monoisotopic (exact) mass is 491 g/mol. The maximum atomic E-state index is 11.1. The molecule has 0 aliphatic heterocycles. The third kappa shape index (κ3) is 3.77. The Kier molecular flexibility index (Phi) is 6.25. The molecule has 112 valence electrons. The summed E-state index contributed by atoms with van der Waals surface area (Å²) in [5.74, 6) is 0. The van der Waals surface area contributed by atoms with E-state index in [1.807, 2.05) is 0 Å². The number of nitrogens with two attached hydrogens (primary N) is 1. The first kappa shape index (κ1) is 16.7. The van der Waals surface area contributed by atoms with Crippen LogP contribution in [0.4, 0.5) is 0 Å². The Morgan fingerprint density at radius 2 is 1.47 bits per heavy atom. The zero-order chi connectivity index (χ0) is 13.9. The Balaban J connectivity index is 2.29. The third-order valence-corrected chi connectivity index (χ3v) is 8.09. The molecule has 2 saturated carbocycles. The minimum atomic E-state index is -0.973. The SMILES string of the molecule is NC1(O)CC(I)CCCCCC12CCCCCC2I. The van der Waals surface area contributed by atoms with Gasteiger partial charge in [0.2, 0.25) is 0 Å². The molecule has 0 aromatic heterocycles. The predicted molar refractivity (Wildman–Crippen MR) is 98.0 cm³/mol. The predicted octanol–water partition coefficient (Wildman–Crippen LogP) is 4.55. The lowest BCUT2D eigenvalue weighted by molar-refractivity contribution is -0.0938. The molecule has 2 aliphatic rings. The molecular formula is C15H27I2NO. The molecule has 0 heterocycles. The van der Waals surface area contributed by atoms with Crippen LogP contribution < -0.4 is 5.73 Å². The minimum absolute atomic E-state index is 0.0438. The van der Waals surface area contributed by atoms with Gasteiger partial charge in [0.05, 0.1) is 0 Å². The Hall–Kier alpha value is 1.38. The topological polar surface area (TPSA) is 46.2 Å². The molecular weight excluding hydrogens is 464 g/mol. The highest BCUT2D eigenvalue weighted by atomic mass is 127. The van der Waals surface area contributed by atoms with Gasteiger partial charge in [0.1, 0.15) is 5.72 Å². The standard InChI is InChI=1S/C15H27I2NO/c16-12-7-3-1-5-9-14(15(18,19)11-12)10-6-2-4-8-13(14)17/h12-13,19H,1-11,18H2. The molecule has 3 N–H and O–H groups in total. The first-order valence-electron chi connectivity index (χ1n) is 7.77. The zero-order valence-corrected chi connectivity index (χ0v) is 16.0. The summed E-state index contributed by atoms with van der Waals surface area (Å²) in [6.07, 6.45) is 13.2. The van der Waals surface area contributed by atoms with Crippen molar-refractivity contribution in [3.63, 3.8) is 0 Å². The van der Waals surface area contributed by atoms with Crippen LogP contribution in [0.1, 0.15) is 70.6 Å². The Morgan fingerprint density at radius 3 is 2.11 bits per heavy atom. The molecule has 4 unspecified atom stereocenters. The summed E-state index contributed by atoms with van der Waals surface area (Å²) in [7, 11) is 0. The van der Waals surface area contributed by atoms with Crippen molar-refractivity contribution in [1.82, 2.24) is 0 Å². The second kappa shape index (κ2) is 7.09. The fourth-order valence-electron chi connectivity index (χ4n) is 3.99. The molecule has 0 saturated heterocycles.